The highest BCUT2D eigenvalue weighted by Gasteiger charge is 2.45. The molecule has 9 aromatic carbocycles. The van der Waals surface area contributed by atoms with Gasteiger partial charge in [-0.05, 0) is 139 Å². The van der Waals surface area contributed by atoms with Crippen LogP contribution in [0.3, 0.4) is 0 Å². The summed E-state index contributed by atoms with van der Waals surface area (Å²) in [7, 11) is 0. The van der Waals surface area contributed by atoms with E-state index in [-0.39, 0.29) is 23.0 Å². The topological polar surface area (TPSA) is 32.8 Å². The number of para-hydroxylation sites is 3. The van der Waals surface area contributed by atoms with Gasteiger partial charge in [-0.1, -0.05) is 172 Å². The summed E-state index contributed by atoms with van der Waals surface area (Å²) in [5, 5.41) is 4.56. The fourth-order valence-corrected chi connectivity index (χ4v) is 11.4. The van der Waals surface area contributed by atoms with Crippen LogP contribution in [0.15, 0.2) is 191 Å². The van der Waals surface area contributed by atoms with Gasteiger partial charge in [0.15, 0.2) is 0 Å². The minimum Gasteiger partial charge on any atom is -0.456 e. The summed E-state index contributed by atoms with van der Waals surface area (Å²) in [6, 6.07) is 67.6. The van der Waals surface area contributed by atoms with Crippen LogP contribution in [0.4, 0.5) is 34.1 Å². The molecule has 4 nitrogen and oxygen atoms in total. The third-order valence-electron chi connectivity index (χ3n) is 15.3. The van der Waals surface area contributed by atoms with E-state index >= 15 is 0 Å². The summed E-state index contributed by atoms with van der Waals surface area (Å²) in [6.07, 6.45) is 0. The second-order valence-corrected chi connectivity index (χ2v) is 23.0. The van der Waals surface area contributed by atoms with Crippen LogP contribution >= 0.6 is 0 Å². The molecule has 11 aromatic rings. The third-order valence-corrected chi connectivity index (χ3v) is 15.3. The Morgan fingerprint density at radius 1 is 0.352 bits per heavy atom. The van der Waals surface area contributed by atoms with Crippen LogP contribution in [0.5, 0.6) is 0 Å². The van der Waals surface area contributed by atoms with Crippen molar-refractivity contribution in [1.82, 2.24) is 0 Å². The molecule has 0 saturated heterocycles. The van der Waals surface area contributed by atoms with E-state index in [9.17, 15) is 0 Å². The number of fused-ring (bicyclic) bond motifs is 10. The first-order chi connectivity index (χ1) is 34.1. The Morgan fingerprint density at radius 3 is 1.54 bits per heavy atom. The highest BCUT2D eigenvalue weighted by atomic mass is 16.3. The van der Waals surface area contributed by atoms with E-state index in [0.717, 1.165) is 77.5 Å². The molecule has 2 aromatic heterocycles. The molecule has 71 heavy (non-hydrogen) atoms. The SMILES string of the molecule is CC(C)(C)c1ccc2c(c1)B1c3ccc(C(C)(C)C)cc3N(c3ccc(-c4ccc5c(c4)oc4ccccc45)cc3)c3cc(C(C)(C)C)cc(c31)N2c1ccc(-c2cccc3c2oc2ccccc23)cc1. The van der Waals surface area contributed by atoms with Gasteiger partial charge < -0.3 is 18.6 Å². The number of hydrogen-bond donors (Lipinski definition) is 0. The first kappa shape index (κ1) is 43.3. The second-order valence-electron chi connectivity index (χ2n) is 23.0. The van der Waals surface area contributed by atoms with Crippen molar-refractivity contribution < 1.29 is 8.83 Å². The molecule has 4 heterocycles. The number of rotatable bonds is 4. The molecule has 0 N–H and O–H groups in total. The fourth-order valence-electron chi connectivity index (χ4n) is 11.4. The molecule has 0 saturated carbocycles. The Balaban J connectivity index is 1.02. The number of hydrogen-bond acceptors (Lipinski definition) is 4. The van der Waals surface area contributed by atoms with Crippen LogP contribution in [-0.4, -0.2) is 6.71 Å². The lowest BCUT2D eigenvalue weighted by molar-refractivity contribution is 0.589. The van der Waals surface area contributed by atoms with Gasteiger partial charge in [-0.2, -0.15) is 0 Å². The standard InChI is InChI=1S/C66H57BN2O2/c1-64(2,3)43-27-34-55-54(36-43)67-53-33-26-44(65(4,5)6)37-56(53)69(47-28-21-40(22-29-47)42-25-32-51-49-15-10-12-19-59(49)70-61(51)35-42)58-39-45(66(7,8)9)38-57(62(58)67)68(55)46-30-23-41(24-31-46)48-17-14-18-52-50-16-11-13-20-60(50)71-63(48)52/h10-39H,1-9H3. The molecule has 0 bridgehead atoms. The maximum absolute atomic E-state index is 6.54. The molecular weight excluding hydrogens is 864 g/mol. The van der Waals surface area contributed by atoms with Crippen LogP contribution in [0, 0.1) is 0 Å². The third kappa shape index (κ3) is 6.88. The van der Waals surface area contributed by atoms with Gasteiger partial charge >= 0.3 is 0 Å². The highest BCUT2D eigenvalue weighted by molar-refractivity contribution is 7.00. The van der Waals surface area contributed by atoms with Crippen molar-refractivity contribution in [2.75, 3.05) is 9.80 Å². The first-order valence-electron chi connectivity index (χ1n) is 25.2. The zero-order valence-corrected chi connectivity index (χ0v) is 42.1. The van der Waals surface area contributed by atoms with Gasteiger partial charge in [-0.25, -0.2) is 0 Å². The Kier molecular flexibility index (Phi) is 9.37. The molecular formula is C66H57BN2O2. The first-order valence-corrected chi connectivity index (χ1v) is 25.2. The van der Waals surface area contributed by atoms with Gasteiger partial charge in [0.2, 0.25) is 0 Å². The van der Waals surface area contributed by atoms with Gasteiger partial charge in [0, 0.05) is 61.2 Å². The summed E-state index contributed by atoms with van der Waals surface area (Å²) < 4.78 is 12.9. The van der Waals surface area contributed by atoms with E-state index in [1.165, 1.54) is 55.8 Å². The smallest absolute Gasteiger partial charge is 0.252 e. The second kappa shape index (κ2) is 15.4. The van der Waals surface area contributed by atoms with E-state index < -0.39 is 0 Å². The Labute approximate surface area is 417 Å². The molecule has 0 amide bonds. The molecule has 0 atom stereocenters. The summed E-state index contributed by atoms with van der Waals surface area (Å²) in [5.74, 6) is 0. The molecule has 0 aliphatic carbocycles. The van der Waals surface area contributed by atoms with E-state index in [1.807, 2.05) is 18.2 Å². The molecule has 346 valence electrons. The number of nitrogens with zero attached hydrogens (tertiary/aromatic N) is 2. The van der Waals surface area contributed by atoms with Gasteiger partial charge in [0.05, 0.1) is 0 Å². The Bertz CT molecular complexity index is 3950. The molecule has 2 aliphatic heterocycles. The lowest BCUT2D eigenvalue weighted by Gasteiger charge is -2.45. The van der Waals surface area contributed by atoms with E-state index in [2.05, 4.69) is 236 Å². The predicted molar refractivity (Wildman–Crippen MR) is 302 cm³/mol. The van der Waals surface area contributed by atoms with Crippen molar-refractivity contribution in [2.24, 2.45) is 0 Å². The molecule has 0 radical (unpaired) electrons. The maximum Gasteiger partial charge on any atom is 0.252 e. The van der Waals surface area contributed by atoms with E-state index in [0.29, 0.717) is 0 Å². The van der Waals surface area contributed by atoms with Crippen LogP contribution in [-0.2, 0) is 16.2 Å². The van der Waals surface area contributed by atoms with E-state index in [1.54, 1.807) is 0 Å². The summed E-state index contributed by atoms with van der Waals surface area (Å²) in [6.45, 7) is 21.0. The van der Waals surface area contributed by atoms with Crippen LogP contribution in [0.1, 0.15) is 79.0 Å². The average Bonchev–Trinajstić information content (AvgIpc) is 3.94. The Hall–Kier alpha value is -7.76. The largest absolute Gasteiger partial charge is 0.456 e. The zero-order valence-electron chi connectivity index (χ0n) is 42.1. The molecule has 13 rings (SSSR count). The van der Waals surface area contributed by atoms with Gasteiger partial charge in [-0.3, -0.25) is 0 Å². The van der Waals surface area contributed by atoms with Crippen molar-refractivity contribution in [1.29, 1.82) is 0 Å². The molecule has 0 fully saturated rings. The number of anilines is 6. The van der Waals surface area contributed by atoms with Gasteiger partial charge in [-0.15, -0.1) is 0 Å². The summed E-state index contributed by atoms with van der Waals surface area (Å²) >= 11 is 0. The normalized spacial score (nSPS) is 13.6. The zero-order chi connectivity index (χ0) is 48.7. The van der Waals surface area contributed by atoms with Crippen LogP contribution in [0.25, 0.3) is 66.1 Å². The fraction of sp³-hybridized carbons (Fsp3) is 0.182. The number of benzene rings is 9. The Morgan fingerprint density at radius 2 is 0.873 bits per heavy atom. The monoisotopic (exact) mass is 920 g/mol. The van der Waals surface area contributed by atoms with Crippen LogP contribution in [0.2, 0.25) is 0 Å². The lowest BCUT2D eigenvalue weighted by Crippen LogP contribution is -2.61. The summed E-state index contributed by atoms with van der Waals surface area (Å²) in [4.78, 5) is 5.11. The molecule has 5 heteroatoms. The molecule has 2 aliphatic rings. The van der Waals surface area contributed by atoms with Crippen LogP contribution < -0.4 is 26.2 Å². The quantitative estimate of drug-likeness (QED) is 0.165. The minimum atomic E-state index is -0.142. The lowest BCUT2D eigenvalue weighted by atomic mass is 9.33. The van der Waals surface area contributed by atoms with Gasteiger partial charge in [0.25, 0.3) is 6.71 Å². The molecule has 0 unspecified atom stereocenters. The van der Waals surface area contributed by atoms with Crippen molar-refractivity contribution in [2.45, 2.75) is 78.6 Å². The minimum absolute atomic E-state index is 0.00241. The average molecular weight is 921 g/mol. The predicted octanol–water partition coefficient (Wildman–Crippen LogP) is 16.8. The maximum atomic E-state index is 6.54. The van der Waals surface area contributed by atoms with Crippen molar-refractivity contribution >= 4 is 101 Å². The van der Waals surface area contributed by atoms with Crippen molar-refractivity contribution in [3.8, 4) is 22.3 Å². The molecule has 0 spiro atoms. The number of furan rings is 2. The van der Waals surface area contributed by atoms with Crippen molar-refractivity contribution in [3.63, 3.8) is 0 Å². The summed E-state index contributed by atoms with van der Waals surface area (Å²) in [5.41, 5.74) is 22.9. The van der Waals surface area contributed by atoms with Crippen molar-refractivity contribution in [3.05, 3.63) is 199 Å². The highest BCUT2D eigenvalue weighted by Crippen LogP contribution is 2.48. The van der Waals surface area contributed by atoms with E-state index in [4.69, 9.17) is 8.83 Å². The van der Waals surface area contributed by atoms with Gasteiger partial charge in [0.1, 0.15) is 22.3 Å².